The molecule has 5 nitrogen and oxygen atoms in total. The maximum atomic E-state index is 10.4. The molecule has 0 heterocycles. The van der Waals surface area contributed by atoms with Crippen LogP contribution < -0.4 is 5.73 Å². The van der Waals surface area contributed by atoms with Crippen molar-refractivity contribution in [1.29, 1.82) is 0 Å². The summed E-state index contributed by atoms with van der Waals surface area (Å²) in [4.78, 5) is 0. The Kier molecular flexibility index (Phi) is 3.95. The summed E-state index contributed by atoms with van der Waals surface area (Å²) in [6.07, 6.45) is -0.598. The fourth-order valence-corrected chi connectivity index (χ4v) is 1.13. The van der Waals surface area contributed by atoms with Gasteiger partial charge in [-0.1, -0.05) is 0 Å². The van der Waals surface area contributed by atoms with Crippen LogP contribution in [0.15, 0.2) is 0 Å². The molecule has 2 unspecified atom stereocenters. The van der Waals surface area contributed by atoms with Crippen LogP contribution in [0.5, 0.6) is 0 Å². The minimum atomic E-state index is -3.51. The van der Waals surface area contributed by atoms with Gasteiger partial charge in [0.25, 0.3) is 10.1 Å². The van der Waals surface area contributed by atoms with Crippen LogP contribution in [0.3, 0.4) is 0 Å². The highest BCUT2D eigenvalue weighted by molar-refractivity contribution is 7.86. The normalized spacial score (nSPS) is 17.8. The van der Waals surface area contributed by atoms with E-state index in [1.807, 2.05) is 0 Å². The maximum Gasteiger partial charge on any atom is 1.00 e. The summed E-state index contributed by atoms with van der Waals surface area (Å²) in [5, 5.41) is 8.76. The molecule has 3 N–H and O–H groups in total. The van der Waals surface area contributed by atoms with E-state index in [2.05, 4.69) is 4.18 Å². The largest absolute Gasteiger partial charge is 1.00 e. The van der Waals surface area contributed by atoms with Crippen molar-refractivity contribution in [3.8, 4) is 0 Å². The van der Waals surface area contributed by atoms with Gasteiger partial charge in [0, 0.05) is 6.42 Å². The molecule has 0 aliphatic carbocycles. The van der Waals surface area contributed by atoms with Gasteiger partial charge in [-0.05, 0) is 6.92 Å². The third-order valence-corrected chi connectivity index (χ3v) is 1.47. The Morgan fingerprint density at radius 1 is 1.73 bits per heavy atom. The van der Waals surface area contributed by atoms with Crippen molar-refractivity contribution in [2.24, 2.45) is 5.73 Å². The molecule has 0 radical (unpaired) electrons. The fraction of sp³-hybridized carbons (Fsp3) is 1.00. The lowest BCUT2D eigenvalue weighted by Gasteiger charge is -2.11. The Hall–Kier alpha value is -0.170. The molecule has 0 rings (SSSR count). The third-order valence-electron chi connectivity index (χ3n) is 0.872. The van der Waals surface area contributed by atoms with Crippen molar-refractivity contribution in [1.82, 2.24) is 0 Å². The molecule has 2 atom stereocenters. The van der Waals surface area contributed by atoms with E-state index in [4.69, 9.17) is 10.8 Å². The van der Waals surface area contributed by atoms with Crippen molar-refractivity contribution in [2.75, 3.05) is 6.26 Å². The van der Waals surface area contributed by atoms with Gasteiger partial charge in [0.2, 0.25) is 0 Å². The molecule has 0 aliphatic heterocycles. The Morgan fingerprint density at radius 2 is 2.18 bits per heavy atom. The van der Waals surface area contributed by atoms with E-state index in [1.165, 1.54) is 6.92 Å². The summed E-state index contributed by atoms with van der Waals surface area (Å²) in [7, 11) is -3.51. The van der Waals surface area contributed by atoms with Gasteiger partial charge in [-0.25, -0.2) is 0 Å². The fourth-order valence-electron chi connectivity index (χ4n) is 0.600. The summed E-state index contributed by atoms with van der Waals surface area (Å²) in [6, 6.07) is 0. The van der Waals surface area contributed by atoms with Gasteiger partial charge in [0.15, 0.2) is 0 Å². The number of nitrogens with two attached hydrogens (primary N) is 1. The lowest BCUT2D eigenvalue weighted by molar-refractivity contribution is 0.114. The van der Waals surface area contributed by atoms with Crippen LogP contribution in [-0.2, 0) is 14.3 Å². The molecule has 0 aromatic carbocycles. The van der Waals surface area contributed by atoms with E-state index in [0.717, 1.165) is 6.26 Å². The standard InChI is InChI=1S/C5H13NO4S/c1-4(7)3-5(6)10-11(2,8)9/h4-5,7H,3,6H2,1-2H3/p+1. The Labute approximate surface area is 67.8 Å². The molecule has 6 heteroatoms. The predicted octanol–water partition coefficient (Wildman–Crippen LogP) is -0.869. The van der Waals surface area contributed by atoms with Crippen LogP contribution in [0.1, 0.15) is 14.8 Å². The molecular weight excluding hydrogens is 170 g/mol. The summed E-state index contributed by atoms with van der Waals surface area (Å²) in [6.45, 7) is 1.51. The topological polar surface area (TPSA) is 89.6 Å². The average molecular weight is 184 g/mol. The quantitative estimate of drug-likeness (QED) is 0.438. The first kappa shape index (κ1) is 10.8. The molecule has 0 saturated heterocycles. The van der Waals surface area contributed by atoms with Crippen molar-refractivity contribution in [3.63, 3.8) is 0 Å². The van der Waals surface area contributed by atoms with E-state index in [9.17, 15) is 8.42 Å². The minimum Gasteiger partial charge on any atom is -0.393 e. The zero-order chi connectivity index (χ0) is 9.07. The zero-order valence-electron chi connectivity index (χ0n) is 7.52. The van der Waals surface area contributed by atoms with Gasteiger partial charge in [0.05, 0.1) is 12.4 Å². The van der Waals surface area contributed by atoms with Crippen LogP contribution in [0, 0.1) is 0 Å². The number of hydrogen-bond acceptors (Lipinski definition) is 5. The van der Waals surface area contributed by atoms with Gasteiger partial charge in [0.1, 0.15) is 6.23 Å². The second kappa shape index (κ2) is 4.01. The lowest BCUT2D eigenvalue weighted by atomic mass is 10.3. The molecule has 0 amide bonds. The minimum absolute atomic E-state index is 0. The molecule has 0 spiro atoms. The first-order valence-corrected chi connectivity index (χ1v) is 4.95. The highest BCUT2D eigenvalue weighted by atomic mass is 32.2. The van der Waals surface area contributed by atoms with Gasteiger partial charge in [-0.15, -0.1) is 0 Å². The summed E-state index contributed by atoms with van der Waals surface area (Å²) >= 11 is 0. The molecule has 0 saturated carbocycles. The summed E-state index contributed by atoms with van der Waals surface area (Å²) in [5.41, 5.74) is 5.20. The molecule has 11 heavy (non-hydrogen) atoms. The third kappa shape index (κ3) is 7.73. The van der Waals surface area contributed by atoms with E-state index in [-0.39, 0.29) is 7.85 Å². The van der Waals surface area contributed by atoms with Crippen molar-refractivity contribution in [2.45, 2.75) is 25.7 Å². The molecule has 0 aliphatic rings. The highest BCUT2D eigenvalue weighted by Crippen LogP contribution is 1.99. The van der Waals surface area contributed by atoms with E-state index in [0.29, 0.717) is 0 Å². The van der Waals surface area contributed by atoms with Gasteiger partial charge >= 0.3 is 1.43 Å². The number of aliphatic hydroxyl groups is 1. The van der Waals surface area contributed by atoms with Crippen LogP contribution in [-0.4, -0.2) is 32.1 Å². The Balaban J connectivity index is 0. The van der Waals surface area contributed by atoms with E-state index in [1.54, 1.807) is 0 Å². The van der Waals surface area contributed by atoms with Gasteiger partial charge in [-0.3, -0.25) is 4.18 Å². The van der Waals surface area contributed by atoms with Crippen LogP contribution >= 0.6 is 0 Å². The van der Waals surface area contributed by atoms with Gasteiger partial charge in [-0.2, -0.15) is 8.42 Å². The summed E-state index contributed by atoms with van der Waals surface area (Å²) < 4.78 is 25.2. The van der Waals surface area contributed by atoms with Crippen molar-refractivity contribution < 1.29 is 19.1 Å². The van der Waals surface area contributed by atoms with Crippen LogP contribution in [0.25, 0.3) is 0 Å². The van der Waals surface area contributed by atoms with Crippen molar-refractivity contribution in [3.05, 3.63) is 0 Å². The van der Waals surface area contributed by atoms with E-state index < -0.39 is 22.4 Å². The molecule has 0 aromatic heterocycles. The highest BCUT2D eigenvalue weighted by Gasteiger charge is 2.12. The molecule has 0 bridgehead atoms. The maximum absolute atomic E-state index is 10.4. The monoisotopic (exact) mass is 184 g/mol. The number of rotatable bonds is 4. The second-order valence-electron chi connectivity index (χ2n) is 2.42. The van der Waals surface area contributed by atoms with Crippen LogP contribution in [0.4, 0.5) is 0 Å². The lowest BCUT2D eigenvalue weighted by Crippen LogP contribution is -2.30. The smallest absolute Gasteiger partial charge is 0.393 e. The van der Waals surface area contributed by atoms with Gasteiger partial charge < -0.3 is 10.8 Å². The van der Waals surface area contributed by atoms with Crippen molar-refractivity contribution >= 4 is 10.1 Å². The Bertz CT molecular complexity index is 203. The predicted molar refractivity (Wildman–Crippen MR) is 41.3 cm³/mol. The number of aliphatic hydroxyl groups excluding tert-OH is 1. The zero-order valence-corrected chi connectivity index (χ0v) is 7.34. The van der Waals surface area contributed by atoms with Crippen LogP contribution in [0.2, 0.25) is 0 Å². The average Bonchev–Trinajstić information content (AvgIpc) is 1.53. The second-order valence-corrected chi connectivity index (χ2v) is 4.02. The Morgan fingerprint density at radius 3 is 2.45 bits per heavy atom. The van der Waals surface area contributed by atoms with E-state index >= 15 is 0 Å². The molecule has 0 aromatic rings. The summed E-state index contributed by atoms with van der Waals surface area (Å²) in [5.74, 6) is 0. The first-order valence-electron chi connectivity index (χ1n) is 3.13. The SMILES string of the molecule is CC(O)CC(N)OS(C)(=O)=O.[H+]. The first-order chi connectivity index (χ1) is 4.81. The molecule has 0 fully saturated rings. The molecule has 68 valence electrons. The molecular formula is C5H14NO4S+. The number of hydrogen-bond donors (Lipinski definition) is 2.